The van der Waals surface area contributed by atoms with Crippen LogP contribution in [0.25, 0.3) is 6.08 Å². The van der Waals surface area contributed by atoms with Crippen molar-refractivity contribution in [3.05, 3.63) is 42.0 Å². The standard InChI is InChI=1S/C12H10N2O3/c15-10-8-14(12(17)13-10)11(16)7-6-9-4-2-1-3-5-9/h1-7H,8H2,(H,13,15,17). The van der Waals surface area contributed by atoms with Gasteiger partial charge in [0.05, 0.1) is 0 Å². The lowest BCUT2D eigenvalue weighted by molar-refractivity contribution is -0.126. The lowest BCUT2D eigenvalue weighted by Crippen LogP contribution is -2.32. The van der Waals surface area contributed by atoms with Crippen LogP contribution in [0.2, 0.25) is 0 Å². The molecule has 4 amide bonds. The van der Waals surface area contributed by atoms with Crippen LogP contribution in [-0.4, -0.2) is 29.3 Å². The first kappa shape index (κ1) is 11.1. The molecule has 0 atom stereocenters. The summed E-state index contributed by atoms with van der Waals surface area (Å²) < 4.78 is 0. The molecular formula is C12H10N2O3. The molecule has 0 radical (unpaired) electrons. The van der Waals surface area contributed by atoms with Crippen LogP contribution < -0.4 is 5.32 Å². The highest BCUT2D eigenvalue weighted by molar-refractivity contribution is 6.13. The van der Waals surface area contributed by atoms with E-state index in [-0.39, 0.29) is 6.54 Å². The molecule has 1 fully saturated rings. The van der Waals surface area contributed by atoms with Gasteiger partial charge in [0.25, 0.3) is 5.91 Å². The summed E-state index contributed by atoms with van der Waals surface area (Å²) in [5.41, 5.74) is 0.854. The molecule has 17 heavy (non-hydrogen) atoms. The topological polar surface area (TPSA) is 66.5 Å². The Hall–Kier alpha value is -2.43. The van der Waals surface area contributed by atoms with Crippen LogP contribution in [0.3, 0.4) is 0 Å². The van der Waals surface area contributed by atoms with Gasteiger partial charge in [-0.15, -0.1) is 0 Å². The molecule has 0 aromatic heterocycles. The molecule has 5 nitrogen and oxygen atoms in total. The van der Waals surface area contributed by atoms with Crippen molar-refractivity contribution in [2.75, 3.05) is 6.54 Å². The number of hydrogen-bond acceptors (Lipinski definition) is 3. The smallest absolute Gasteiger partial charge is 0.276 e. The Bertz CT molecular complexity index is 494. The number of nitrogens with zero attached hydrogens (tertiary/aromatic N) is 1. The second-order valence-corrected chi connectivity index (χ2v) is 3.52. The molecule has 0 bridgehead atoms. The zero-order valence-corrected chi connectivity index (χ0v) is 8.92. The summed E-state index contributed by atoms with van der Waals surface area (Å²) in [7, 11) is 0. The van der Waals surface area contributed by atoms with Crippen molar-refractivity contribution in [3.8, 4) is 0 Å². The Morgan fingerprint density at radius 2 is 1.94 bits per heavy atom. The summed E-state index contributed by atoms with van der Waals surface area (Å²) >= 11 is 0. The van der Waals surface area contributed by atoms with E-state index in [1.54, 1.807) is 6.08 Å². The van der Waals surface area contributed by atoms with Gasteiger partial charge in [0.15, 0.2) is 0 Å². The predicted octanol–water partition coefficient (Wildman–Crippen LogP) is 0.778. The van der Waals surface area contributed by atoms with Gasteiger partial charge < -0.3 is 0 Å². The SMILES string of the molecule is O=C1CN(C(=O)C=Cc2ccccc2)C(=O)N1. The van der Waals surface area contributed by atoms with Crippen molar-refractivity contribution in [2.24, 2.45) is 0 Å². The number of hydrogen-bond donors (Lipinski definition) is 1. The molecule has 0 saturated carbocycles. The van der Waals surface area contributed by atoms with Crippen molar-refractivity contribution in [1.82, 2.24) is 10.2 Å². The average molecular weight is 230 g/mol. The lowest BCUT2D eigenvalue weighted by atomic mass is 10.2. The first-order valence-electron chi connectivity index (χ1n) is 5.05. The molecule has 1 aliphatic heterocycles. The molecule has 1 N–H and O–H groups in total. The zero-order chi connectivity index (χ0) is 12.3. The van der Waals surface area contributed by atoms with Crippen LogP contribution in [0.5, 0.6) is 0 Å². The summed E-state index contributed by atoms with van der Waals surface area (Å²) in [5, 5.41) is 2.04. The minimum Gasteiger partial charge on any atom is -0.276 e. The summed E-state index contributed by atoms with van der Waals surface area (Å²) in [6.45, 7) is -0.212. The van der Waals surface area contributed by atoms with Crippen molar-refractivity contribution < 1.29 is 14.4 Å². The third kappa shape index (κ3) is 2.57. The van der Waals surface area contributed by atoms with Gasteiger partial charge in [0.1, 0.15) is 6.54 Å². The van der Waals surface area contributed by atoms with E-state index < -0.39 is 17.8 Å². The van der Waals surface area contributed by atoms with E-state index in [0.29, 0.717) is 0 Å². The van der Waals surface area contributed by atoms with Crippen molar-refractivity contribution in [1.29, 1.82) is 0 Å². The van der Waals surface area contributed by atoms with Crippen molar-refractivity contribution >= 4 is 23.9 Å². The third-order valence-electron chi connectivity index (χ3n) is 2.28. The van der Waals surface area contributed by atoms with Crippen LogP contribution in [0, 0.1) is 0 Å². The minimum absolute atomic E-state index is 0.212. The largest absolute Gasteiger partial charge is 0.331 e. The molecule has 1 saturated heterocycles. The Labute approximate surface area is 97.7 Å². The normalized spacial score (nSPS) is 15.4. The number of carbonyl (C=O) groups is 3. The van der Waals surface area contributed by atoms with E-state index in [0.717, 1.165) is 10.5 Å². The molecule has 0 spiro atoms. The second-order valence-electron chi connectivity index (χ2n) is 3.52. The monoisotopic (exact) mass is 230 g/mol. The summed E-state index contributed by atoms with van der Waals surface area (Å²) in [6.07, 6.45) is 2.87. The van der Waals surface area contributed by atoms with Gasteiger partial charge in [-0.1, -0.05) is 30.3 Å². The highest BCUT2D eigenvalue weighted by Crippen LogP contribution is 2.04. The Morgan fingerprint density at radius 1 is 1.24 bits per heavy atom. The molecule has 2 rings (SSSR count). The number of nitrogens with one attached hydrogen (secondary N) is 1. The second kappa shape index (κ2) is 4.61. The van der Waals surface area contributed by atoms with Gasteiger partial charge in [-0.3, -0.25) is 19.8 Å². The van der Waals surface area contributed by atoms with E-state index in [2.05, 4.69) is 0 Å². The van der Waals surface area contributed by atoms with E-state index in [1.165, 1.54) is 6.08 Å². The number of urea groups is 1. The summed E-state index contributed by atoms with van der Waals surface area (Å²) in [6, 6.07) is 8.55. The summed E-state index contributed by atoms with van der Waals surface area (Å²) in [5.74, 6) is -0.964. The number of benzene rings is 1. The maximum atomic E-state index is 11.6. The summed E-state index contributed by atoms with van der Waals surface area (Å²) in [4.78, 5) is 34.5. The van der Waals surface area contributed by atoms with E-state index >= 15 is 0 Å². The van der Waals surface area contributed by atoms with Gasteiger partial charge in [-0.25, -0.2) is 4.79 Å². The van der Waals surface area contributed by atoms with Gasteiger partial charge >= 0.3 is 6.03 Å². The molecule has 86 valence electrons. The molecule has 0 aliphatic carbocycles. The molecular weight excluding hydrogens is 220 g/mol. The highest BCUT2D eigenvalue weighted by Gasteiger charge is 2.30. The van der Waals surface area contributed by atoms with Gasteiger partial charge in [0.2, 0.25) is 5.91 Å². The van der Waals surface area contributed by atoms with Crippen LogP contribution in [0.15, 0.2) is 36.4 Å². The molecule has 1 aliphatic rings. The lowest BCUT2D eigenvalue weighted by Gasteiger charge is -2.06. The first-order chi connectivity index (χ1) is 8.16. The maximum absolute atomic E-state index is 11.6. The van der Waals surface area contributed by atoms with Crippen LogP contribution in [0.1, 0.15) is 5.56 Å². The molecule has 0 unspecified atom stereocenters. The van der Waals surface area contributed by atoms with E-state index in [9.17, 15) is 14.4 Å². The number of amides is 4. The Morgan fingerprint density at radius 3 is 2.53 bits per heavy atom. The Kier molecular flexibility index (Phi) is 3.00. The van der Waals surface area contributed by atoms with Crippen LogP contribution in [-0.2, 0) is 9.59 Å². The van der Waals surface area contributed by atoms with Crippen LogP contribution >= 0.6 is 0 Å². The van der Waals surface area contributed by atoms with E-state index in [1.807, 2.05) is 35.6 Å². The first-order valence-corrected chi connectivity index (χ1v) is 5.05. The molecule has 5 heteroatoms. The molecule has 1 aromatic carbocycles. The quantitative estimate of drug-likeness (QED) is 0.603. The fourth-order valence-electron chi connectivity index (χ4n) is 1.44. The van der Waals surface area contributed by atoms with E-state index in [4.69, 9.17) is 0 Å². The fraction of sp³-hybridized carbons (Fsp3) is 0.0833. The van der Waals surface area contributed by atoms with Gasteiger partial charge in [0, 0.05) is 6.08 Å². The van der Waals surface area contributed by atoms with Gasteiger partial charge in [-0.2, -0.15) is 0 Å². The molecule has 1 aromatic rings. The van der Waals surface area contributed by atoms with Crippen LogP contribution in [0.4, 0.5) is 4.79 Å². The Balaban J connectivity index is 2.05. The fourth-order valence-corrected chi connectivity index (χ4v) is 1.44. The molecule has 1 heterocycles. The zero-order valence-electron chi connectivity index (χ0n) is 8.92. The minimum atomic E-state index is -0.669. The predicted molar refractivity (Wildman–Crippen MR) is 60.7 cm³/mol. The van der Waals surface area contributed by atoms with Crippen molar-refractivity contribution in [3.63, 3.8) is 0 Å². The maximum Gasteiger partial charge on any atom is 0.331 e. The highest BCUT2D eigenvalue weighted by atomic mass is 16.2. The van der Waals surface area contributed by atoms with Crippen molar-refractivity contribution in [2.45, 2.75) is 0 Å². The third-order valence-corrected chi connectivity index (χ3v) is 2.28. The number of imide groups is 2. The average Bonchev–Trinajstić information content (AvgIpc) is 2.67. The number of carbonyl (C=O) groups excluding carboxylic acids is 3. The van der Waals surface area contributed by atoms with Gasteiger partial charge in [-0.05, 0) is 11.6 Å². The number of rotatable bonds is 2.